The van der Waals surface area contributed by atoms with E-state index in [1.54, 1.807) is 0 Å². The van der Waals surface area contributed by atoms with Crippen molar-refractivity contribution in [1.82, 2.24) is 0 Å². The van der Waals surface area contributed by atoms with Gasteiger partial charge in [-0.15, -0.1) is 11.3 Å². The fourth-order valence-electron chi connectivity index (χ4n) is 2.40. The van der Waals surface area contributed by atoms with Gasteiger partial charge in [-0.1, -0.05) is 67.8 Å². The molecular formula is C16H27BrS. The quantitative estimate of drug-likeness (QED) is 0.339. The summed E-state index contributed by atoms with van der Waals surface area (Å²) in [5, 5.41) is 0. The third-order valence-electron chi connectivity index (χ3n) is 3.48. The first kappa shape index (κ1) is 16.2. The number of unbranched alkanes of at least 4 members (excludes halogenated alkanes) is 6. The summed E-state index contributed by atoms with van der Waals surface area (Å²) in [5.74, 6) is 0. The van der Waals surface area contributed by atoms with Crippen LogP contribution in [0.5, 0.6) is 0 Å². The van der Waals surface area contributed by atoms with Crippen LogP contribution in [-0.2, 0) is 0 Å². The van der Waals surface area contributed by atoms with E-state index in [1.165, 1.54) is 66.7 Å². The minimum atomic E-state index is 0.568. The van der Waals surface area contributed by atoms with Crippen molar-refractivity contribution in [2.75, 3.05) is 0 Å². The Bertz CT molecular complexity index is 330. The molecule has 104 valence electrons. The van der Waals surface area contributed by atoms with Crippen LogP contribution in [0, 0.1) is 13.8 Å². The second kappa shape index (κ2) is 9.14. The van der Waals surface area contributed by atoms with E-state index in [4.69, 9.17) is 0 Å². The van der Waals surface area contributed by atoms with Gasteiger partial charge >= 0.3 is 0 Å². The summed E-state index contributed by atoms with van der Waals surface area (Å²) in [6, 6.07) is 2.35. The predicted molar refractivity (Wildman–Crippen MR) is 88.1 cm³/mol. The van der Waals surface area contributed by atoms with Gasteiger partial charge in [0.25, 0.3) is 0 Å². The minimum absolute atomic E-state index is 0.568. The molecule has 0 nitrogen and oxygen atoms in total. The van der Waals surface area contributed by atoms with Crippen molar-refractivity contribution in [1.29, 1.82) is 0 Å². The Balaban J connectivity index is 2.14. The van der Waals surface area contributed by atoms with Gasteiger partial charge in [0.05, 0.1) is 0 Å². The largest absolute Gasteiger partial charge is 0.146 e. The highest BCUT2D eigenvalue weighted by Crippen LogP contribution is 2.35. The first-order chi connectivity index (χ1) is 8.65. The lowest BCUT2D eigenvalue weighted by atomic mass is 10.0. The van der Waals surface area contributed by atoms with E-state index in [0.29, 0.717) is 4.83 Å². The van der Waals surface area contributed by atoms with E-state index < -0.39 is 0 Å². The monoisotopic (exact) mass is 330 g/mol. The van der Waals surface area contributed by atoms with Crippen molar-refractivity contribution in [2.45, 2.75) is 77.0 Å². The van der Waals surface area contributed by atoms with Crippen LogP contribution >= 0.6 is 27.3 Å². The highest BCUT2D eigenvalue weighted by atomic mass is 79.9. The summed E-state index contributed by atoms with van der Waals surface area (Å²) in [6.07, 6.45) is 11.1. The van der Waals surface area contributed by atoms with E-state index >= 15 is 0 Å². The normalized spacial score (nSPS) is 12.9. The molecule has 0 bridgehead atoms. The second-order valence-electron chi connectivity index (χ2n) is 5.25. The zero-order valence-corrected chi connectivity index (χ0v) is 14.5. The molecule has 0 aliphatic heterocycles. The van der Waals surface area contributed by atoms with Crippen LogP contribution in [-0.4, -0.2) is 0 Å². The molecule has 1 heterocycles. The van der Waals surface area contributed by atoms with Crippen molar-refractivity contribution in [2.24, 2.45) is 0 Å². The Kier molecular flexibility index (Phi) is 8.25. The van der Waals surface area contributed by atoms with Crippen LogP contribution in [0.3, 0.4) is 0 Å². The van der Waals surface area contributed by atoms with E-state index in [2.05, 4.69) is 42.8 Å². The van der Waals surface area contributed by atoms with Crippen LogP contribution in [0.2, 0.25) is 0 Å². The van der Waals surface area contributed by atoms with E-state index in [-0.39, 0.29) is 0 Å². The van der Waals surface area contributed by atoms with Crippen LogP contribution in [0.25, 0.3) is 0 Å². The molecule has 2 heteroatoms. The average molecular weight is 331 g/mol. The van der Waals surface area contributed by atoms with Crippen LogP contribution in [0.4, 0.5) is 0 Å². The van der Waals surface area contributed by atoms with Crippen molar-refractivity contribution in [3.63, 3.8) is 0 Å². The van der Waals surface area contributed by atoms with Gasteiger partial charge in [0.1, 0.15) is 0 Å². The van der Waals surface area contributed by atoms with Crippen molar-refractivity contribution < 1.29 is 0 Å². The Morgan fingerprint density at radius 1 is 1.06 bits per heavy atom. The topological polar surface area (TPSA) is 0 Å². The van der Waals surface area contributed by atoms with Crippen LogP contribution in [0.1, 0.15) is 78.4 Å². The summed E-state index contributed by atoms with van der Waals surface area (Å²) < 4.78 is 0. The minimum Gasteiger partial charge on any atom is -0.146 e. The van der Waals surface area contributed by atoms with Gasteiger partial charge in [-0.05, 0) is 31.9 Å². The number of alkyl halides is 1. The number of hydrogen-bond donors (Lipinski definition) is 0. The standard InChI is InChI=1S/C16H27BrS/c1-4-5-6-7-8-9-10-11-16(17)15-12-13(2)18-14(15)3/h12,16H,4-11H2,1-3H3. The molecular weight excluding hydrogens is 304 g/mol. The zero-order valence-electron chi connectivity index (χ0n) is 12.1. The van der Waals surface area contributed by atoms with Crippen LogP contribution < -0.4 is 0 Å². The number of thiophene rings is 1. The van der Waals surface area contributed by atoms with Crippen LogP contribution in [0.15, 0.2) is 6.07 Å². The molecule has 0 spiro atoms. The molecule has 0 saturated heterocycles. The van der Waals surface area contributed by atoms with E-state index in [0.717, 1.165) is 0 Å². The molecule has 18 heavy (non-hydrogen) atoms. The Morgan fingerprint density at radius 3 is 2.22 bits per heavy atom. The maximum Gasteiger partial charge on any atom is 0.0406 e. The Morgan fingerprint density at radius 2 is 1.67 bits per heavy atom. The molecule has 0 radical (unpaired) electrons. The fraction of sp³-hybridized carbons (Fsp3) is 0.750. The SMILES string of the molecule is CCCCCCCCCC(Br)c1cc(C)sc1C. The second-order valence-corrected chi connectivity index (χ2v) is 7.81. The lowest BCUT2D eigenvalue weighted by Crippen LogP contribution is -1.90. The predicted octanol–water partition coefficient (Wildman–Crippen LogP) is 6.94. The van der Waals surface area contributed by atoms with Gasteiger partial charge in [0.2, 0.25) is 0 Å². The molecule has 0 aliphatic carbocycles. The number of aryl methyl sites for hydroxylation is 2. The smallest absolute Gasteiger partial charge is 0.0406 e. The summed E-state index contributed by atoms with van der Waals surface area (Å²) >= 11 is 5.77. The summed E-state index contributed by atoms with van der Waals surface area (Å²) in [5.41, 5.74) is 1.52. The van der Waals surface area contributed by atoms with Gasteiger partial charge < -0.3 is 0 Å². The van der Waals surface area contributed by atoms with Gasteiger partial charge in [-0.25, -0.2) is 0 Å². The molecule has 1 aromatic heterocycles. The van der Waals surface area contributed by atoms with E-state index in [1.807, 2.05) is 11.3 Å². The number of hydrogen-bond acceptors (Lipinski definition) is 1. The number of rotatable bonds is 9. The Hall–Kier alpha value is 0.180. The maximum absolute atomic E-state index is 3.85. The highest BCUT2D eigenvalue weighted by Gasteiger charge is 2.12. The van der Waals surface area contributed by atoms with E-state index in [9.17, 15) is 0 Å². The molecule has 0 fully saturated rings. The molecule has 1 unspecified atom stereocenters. The molecule has 0 aromatic carbocycles. The van der Waals surface area contributed by atoms with Crippen molar-refractivity contribution >= 4 is 27.3 Å². The highest BCUT2D eigenvalue weighted by molar-refractivity contribution is 9.09. The average Bonchev–Trinajstić information content (AvgIpc) is 2.67. The summed E-state index contributed by atoms with van der Waals surface area (Å²) in [7, 11) is 0. The molecule has 0 aliphatic rings. The molecule has 0 N–H and O–H groups in total. The molecule has 1 rings (SSSR count). The lowest BCUT2D eigenvalue weighted by Gasteiger charge is -2.09. The Labute approximate surface area is 125 Å². The lowest BCUT2D eigenvalue weighted by molar-refractivity contribution is 0.574. The van der Waals surface area contributed by atoms with Gasteiger partial charge in [0.15, 0.2) is 0 Å². The summed E-state index contributed by atoms with van der Waals surface area (Å²) in [6.45, 7) is 6.72. The van der Waals surface area contributed by atoms with Gasteiger partial charge in [-0.3, -0.25) is 0 Å². The molecule has 1 atom stereocenters. The molecule has 0 amide bonds. The van der Waals surface area contributed by atoms with Crippen molar-refractivity contribution in [3.8, 4) is 0 Å². The summed E-state index contributed by atoms with van der Waals surface area (Å²) in [4.78, 5) is 3.49. The first-order valence-corrected chi connectivity index (χ1v) is 9.09. The van der Waals surface area contributed by atoms with Crippen molar-refractivity contribution in [3.05, 3.63) is 21.4 Å². The van der Waals surface area contributed by atoms with Gasteiger partial charge in [-0.2, -0.15) is 0 Å². The first-order valence-electron chi connectivity index (χ1n) is 7.36. The third kappa shape index (κ3) is 5.88. The van der Waals surface area contributed by atoms with Gasteiger partial charge in [0, 0.05) is 14.6 Å². The third-order valence-corrected chi connectivity index (χ3v) is 5.41. The zero-order chi connectivity index (χ0) is 13.4. The molecule has 1 aromatic rings. The fourth-order valence-corrected chi connectivity index (χ4v) is 4.34. The number of halogens is 1. The molecule has 0 saturated carbocycles. The maximum atomic E-state index is 3.85.